The minimum Gasteiger partial charge on any atom is -0.497 e. The molecule has 1 heterocycles. The highest BCUT2D eigenvalue weighted by molar-refractivity contribution is 8.15. The summed E-state index contributed by atoms with van der Waals surface area (Å²) in [5.74, 6) is 0.213. The predicted molar refractivity (Wildman–Crippen MR) is 114 cm³/mol. The van der Waals surface area contributed by atoms with Crippen LogP contribution in [0.2, 0.25) is 10.0 Å². The summed E-state index contributed by atoms with van der Waals surface area (Å²) < 4.78 is 5.13. The summed E-state index contributed by atoms with van der Waals surface area (Å²) in [4.78, 5) is 31.0. The monoisotopic (exact) mass is 437 g/mol. The van der Waals surface area contributed by atoms with Gasteiger partial charge in [0.25, 0.3) is 0 Å². The van der Waals surface area contributed by atoms with Crippen LogP contribution in [0.5, 0.6) is 5.75 Å². The molecule has 0 saturated carbocycles. The Morgan fingerprint density at radius 2 is 1.86 bits per heavy atom. The first-order chi connectivity index (χ1) is 13.4. The van der Waals surface area contributed by atoms with Crippen LogP contribution in [-0.2, 0) is 9.59 Å². The molecule has 1 aliphatic rings. The van der Waals surface area contributed by atoms with Gasteiger partial charge in [0, 0.05) is 29.2 Å². The number of benzene rings is 2. The molecule has 28 heavy (non-hydrogen) atoms. The van der Waals surface area contributed by atoms with Crippen molar-refractivity contribution >= 4 is 63.3 Å². The van der Waals surface area contributed by atoms with Crippen LogP contribution in [0, 0.1) is 0 Å². The maximum absolute atomic E-state index is 12.7. The van der Waals surface area contributed by atoms with Gasteiger partial charge in [0.05, 0.1) is 12.8 Å². The van der Waals surface area contributed by atoms with Gasteiger partial charge in [-0.1, -0.05) is 35.0 Å². The second-order valence-electron chi connectivity index (χ2n) is 6.00. The normalized spacial score (nSPS) is 18.3. The van der Waals surface area contributed by atoms with Gasteiger partial charge < -0.3 is 10.1 Å². The molecule has 146 valence electrons. The Bertz CT molecular complexity index is 914. The van der Waals surface area contributed by atoms with Gasteiger partial charge in [-0.3, -0.25) is 14.5 Å². The van der Waals surface area contributed by atoms with Crippen molar-refractivity contribution in [2.75, 3.05) is 19.5 Å². The zero-order valence-corrected chi connectivity index (χ0v) is 17.4. The highest BCUT2D eigenvalue weighted by Gasteiger charge is 2.34. The number of halogens is 2. The molecule has 0 spiro atoms. The number of ether oxygens (including phenoxy) is 1. The Hall–Kier alpha value is -2.22. The number of rotatable bonds is 4. The first kappa shape index (κ1) is 20.5. The zero-order chi connectivity index (χ0) is 20.3. The average molecular weight is 438 g/mol. The van der Waals surface area contributed by atoms with E-state index in [2.05, 4.69) is 10.3 Å². The van der Waals surface area contributed by atoms with E-state index in [1.165, 1.54) is 16.7 Å². The van der Waals surface area contributed by atoms with E-state index < -0.39 is 5.25 Å². The number of amides is 2. The van der Waals surface area contributed by atoms with Crippen LogP contribution in [0.15, 0.2) is 47.5 Å². The fourth-order valence-corrected chi connectivity index (χ4v) is 4.10. The van der Waals surface area contributed by atoms with E-state index in [9.17, 15) is 9.59 Å². The average Bonchev–Trinajstić information content (AvgIpc) is 2.65. The molecular weight excluding hydrogens is 421 g/mol. The number of nitrogens with one attached hydrogen (secondary N) is 1. The van der Waals surface area contributed by atoms with Gasteiger partial charge in [-0.15, -0.1) is 0 Å². The summed E-state index contributed by atoms with van der Waals surface area (Å²) in [7, 11) is 3.23. The first-order valence-corrected chi connectivity index (χ1v) is 9.92. The van der Waals surface area contributed by atoms with Crippen molar-refractivity contribution in [3.05, 3.63) is 52.5 Å². The Morgan fingerprint density at radius 1 is 1.21 bits per heavy atom. The molecule has 2 aromatic carbocycles. The highest BCUT2D eigenvalue weighted by Crippen LogP contribution is 2.30. The zero-order valence-electron chi connectivity index (χ0n) is 15.1. The third-order valence-electron chi connectivity index (χ3n) is 3.99. The highest BCUT2D eigenvalue weighted by atomic mass is 35.5. The number of methoxy groups -OCH3 is 1. The number of amidine groups is 1. The van der Waals surface area contributed by atoms with Gasteiger partial charge in [-0.2, -0.15) is 0 Å². The molecule has 1 aliphatic heterocycles. The SMILES string of the molecule is COc1ccc(N=C2SC(C(=O)Nc3cc(Cl)cc(Cl)c3)CC(=O)N2C)cc1. The molecule has 1 atom stereocenters. The molecule has 2 aromatic rings. The van der Waals surface area contributed by atoms with E-state index in [1.807, 2.05) is 0 Å². The van der Waals surface area contributed by atoms with Crippen molar-refractivity contribution in [3.63, 3.8) is 0 Å². The van der Waals surface area contributed by atoms with Gasteiger partial charge in [0.15, 0.2) is 5.17 Å². The molecule has 1 saturated heterocycles. The lowest BCUT2D eigenvalue weighted by Crippen LogP contribution is -2.43. The van der Waals surface area contributed by atoms with Gasteiger partial charge >= 0.3 is 0 Å². The fraction of sp³-hybridized carbons (Fsp3) is 0.211. The minimum absolute atomic E-state index is 0.0724. The van der Waals surface area contributed by atoms with Crippen molar-refractivity contribution in [2.24, 2.45) is 4.99 Å². The van der Waals surface area contributed by atoms with Crippen LogP contribution < -0.4 is 10.1 Å². The summed E-state index contributed by atoms with van der Waals surface area (Å²) in [5, 5.41) is 3.42. The smallest absolute Gasteiger partial charge is 0.238 e. The summed E-state index contributed by atoms with van der Waals surface area (Å²) in [6.45, 7) is 0. The second kappa shape index (κ2) is 8.86. The molecule has 2 amide bonds. The molecule has 0 aliphatic carbocycles. The minimum atomic E-state index is -0.613. The third kappa shape index (κ3) is 4.98. The van der Waals surface area contributed by atoms with Crippen LogP contribution in [0.3, 0.4) is 0 Å². The molecule has 6 nitrogen and oxygen atoms in total. The quantitative estimate of drug-likeness (QED) is 0.758. The van der Waals surface area contributed by atoms with E-state index in [-0.39, 0.29) is 18.2 Å². The Balaban J connectivity index is 1.77. The topological polar surface area (TPSA) is 71.0 Å². The van der Waals surface area contributed by atoms with Crippen molar-refractivity contribution in [1.29, 1.82) is 0 Å². The number of hydrogen-bond acceptors (Lipinski definition) is 5. The third-order valence-corrected chi connectivity index (χ3v) is 5.67. The molecule has 0 radical (unpaired) electrons. The van der Waals surface area contributed by atoms with Crippen LogP contribution >= 0.6 is 35.0 Å². The molecule has 3 rings (SSSR count). The maximum atomic E-state index is 12.7. The number of aliphatic imine (C=N–C) groups is 1. The van der Waals surface area contributed by atoms with Crippen molar-refractivity contribution in [3.8, 4) is 5.75 Å². The van der Waals surface area contributed by atoms with Gasteiger partial charge in [-0.25, -0.2) is 4.99 Å². The molecule has 0 aromatic heterocycles. The van der Waals surface area contributed by atoms with Crippen LogP contribution in [0.25, 0.3) is 0 Å². The fourth-order valence-electron chi connectivity index (χ4n) is 2.51. The van der Waals surface area contributed by atoms with E-state index in [0.717, 1.165) is 0 Å². The lowest BCUT2D eigenvalue weighted by Gasteiger charge is -2.28. The molecule has 1 fully saturated rings. The number of carbonyl (C=O) groups excluding carboxylic acids is 2. The standard InChI is InChI=1S/C19H17Cl2N3O3S/c1-24-17(25)10-16(18(26)22-14-8-11(20)7-12(21)9-14)28-19(24)23-13-3-5-15(27-2)6-4-13/h3-9,16H,10H2,1-2H3,(H,22,26). The molecule has 1 N–H and O–H groups in total. The molecule has 9 heteroatoms. The van der Waals surface area contributed by atoms with Crippen molar-refractivity contribution in [1.82, 2.24) is 4.90 Å². The summed E-state index contributed by atoms with van der Waals surface area (Å²) in [6, 6.07) is 11.9. The largest absolute Gasteiger partial charge is 0.497 e. The van der Waals surface area contributed by atoms with Crippen LogP contribution in [-0.4, -0.2) is 41.3 Å². The molecular formula is C19H17Cl2N3O3S. The number of anilines is 1. The Morgan fingerprint density at radius 3 is 2.46 bits per heavy atom. The van der Waals surface area contributed by atoms with Crippen LogP contribution in [0.1, 0.15) is 6.42 Å². The number of carbonyl (C=O) groups is 2. The molecule has 1 unspecified atom stereocenters. The number of nitrogens with zero attached hydrogens (tertiary/aromatic N) is 2. The maximum Gasteiger partial charge on any atom is 0.238 e. The summed E-state index contributed by atoms with van der Waals surface area (Å²) in [6.07, 6.45) is 0.0724. The van der Waals surface area contributed by atoms with Gasteiger partial charge in [-0.05, 0) is 42.5 Å². The van der Waals surface area contributed by atoms with E-state index in [0.29, 0.717) is 32.3 Å². The van der Waals surface area contributed by atoms with Gasteiger partial charge in [0.2, 0.25) is 11.8 Å². The van der Waals surface area contributed by atoms with E-state index in [1.54, 1.807) is 56.6 Å². The summed E-state index contributed by atoms with van der Waals surface area (Å²) in [5.41, 5.74) is 1.13. The summed E-state index contributed by atoms with van der Waals surface area (Å²) >= 11 is 13.2. The number of thioether (sulfide) groups is 1. The first-order valence-electron chi connectivity index (χ1n) is 8.28. The van der Waals surface area contributed by atoms with Crippen molar-refractivity contribution in [2.45, 2.75) is 11.7 Å². The lowest BCUT2D eigenvalue weighted by atomic mass is 10.2. The number of hydrogen-bond donors (Lipinski definition) is 1. The van der Waals surface area contributed by atoms with E-state index in [4.69, 9.17) is 27.9 Å². The Labute approximate surface area is 176 Å². The second-order valence-corrected chi connectivity index (χ2v) is 8.05. The molecule has 0 bridgehead atoms. The van der Waals surface area contributed by atoms with E-state index >= 15 is 0 Å². The van der Waals surface area contributed by atoms with Gasteiger partial charge in [0.1, 0.15) is 11.0 Å². The van der Waals surface area contributed by atoms with Crippen LogP contribution in [0.4, 0.5) is 11.4 Å². The predicted octanol–water partition coefficient (Wildman–Crippen LogP) is 4.59. The van der Waals surface area contributed by atoms with Crippen molar-refractivity contribution < 1.29 is 14.3 Å². The Kier molecular flexibility index (Phi) is 6.49. The lowest BCUT2D eigenvalue weighted by molar-refractivity contribution is -0.128.